The van der Waals surface area contributed by atoms with Gasteiger partial charge in [-0.1, -0.05) is 54.6 Å². The predicted octanol–water partition coefficient (Wildman–Crippen LogP) is 6.91. The van der Waals surface area contributed by atoms with Crippen LogP contribution in [-0.2, 0) is 13.4 Å². The standard InChI is InChI=1S/C24H24F4O4S2/c25-23(26,18-10-11-19-29)24(27,28)34(30,31)32-33(20-12-4-1-5-13-20,21-14-6-2-7-15-21)22-16-8-3-9-17-22/h1-9,12-17,29H,10-11,18-19H2/p+1. The zero-order chi connectivity index (χ0) is 24.9. The second kappa shape index (κ2) is 10.5. The van der Waals surface area contributed by atoms with Crippen molar-refractivity contribution in [2.45, 2.75) is 45.1 Å². The lowest BCUT2D eigenvalue weighted by atomic mass is 10.1. The van der Waals surface area contributed by atoms with Crippen LogP contribution in [0.15, 0.2) is 106 Å². The fraction of sp³-hybridized carbons (Fsp3) is 0.250. The quantitative estimate of drug-likeness (QED) is 0.133. The summed E-state index contributed by atoms with van der Waals surface area (Å²) in [5, 5.41) is 3.40. The van der Waals surface area contributed by atoms with Crippen LogP contribution >= 0.6 is 10.3 Å². The highest BCUT2D eigenvalue weighted by molar-refractivity contribution is 8.30. The lowest BCUT2D eigenvalue weighted by molar-refractivity contribution is -0.166. The molecule has 0 saturated carbocycles. The third-order valence-corrected chi connectivity index (χ3v) is 10.4. The van der Waals surface area contributed by atoms with Crippen LogP contribution in [0.5, 0.6) is 0 Å². The SMILES string of the molecule is O=S(O)(=[O+]S(c1ccccc1)(c1ccccc1)c1ccccc1)C(F)(F)C(F)(F)CCCCO. The van der Waals surface area contributed by atoms with Gasteiger partial charge in [-0.25, -0.2) is 4.55 Å². The number of hydrogen-bond donors (Lipinski definition) is 2. The summed E-state index contributed by atoms with van der Waals surface area (Å²) < 4.78 is 88.2. The molecule has 34 heavy (non-hydrogen) atoms. The maximum Gasteiger partial charge on any atom is 0.496 e. The van der Waals surface area contributed by atoms with Crippen LogP contribution in [0, 0.1) is 0 Å². The van der Waals surface area contributed by atoms with Crippen molar-refractivity contribution in [3.63, 3.8) is 0 Å². The summed E-state index contributed by atoms with van der Waals surface area (Å²) in [4.78, 5) is 0.857. The van der Waals surface area contributed by atoms with E-state index in [1.54, 1.807) is 91.0 Å². The van der Waals surface area contributed by atoms with Crippen molar-refractivity contribution in [3.05, 3.63) is 91.0 Å². The molecule has 0 spiro atoms. The van der Waals surface area contributed by atoms with Crippen LogP contribution in [0.2, 0.25) is 0 Å². The smallest absolute Gasteiger partial charge is 0.396 e. The molecule has 0 amide bonds. The Hall–Kier alpha value is -2.40. The molecule has 0 saturated heterocycles. The molecule has 0 aromatic heterocycles. The fourth-order valence-corrected chi connectivity index (χ4v) is 8.65. The molecule has 0 heterocycles. The van der Waals surface area contributed by atoms with Gasteiger partial charge in [-0.15, -0.1) is 7.49 Å². The minimum absolute atomic E-state index is 0.146. The van der Waals surface area contributed by atoms with E-state index in [1.807, 2.05) is 0 Å². The van der Waals surface area contributed by atoms with Gasteiger partial charge < -0.3 is 5.11 Å². The summed E-state index contributed by atoms with van der Waals surface area (Å²) >= 11 is 0. The molecule has 0 aliphatic rings. The van der Waals surface area contributed by atoms with E-state index in [9.17, 15) is 17.5 Å². The van der Waals surface area contributed by atoms with Gasteiger partial charge in [-0.2, -0.15) is 17.6 Å². The van der Waals surface area contributed by atoms with Crippen LogP contribution in [0.1, 0.15) is 19.3 Å². The monoisotopic (exact) mass is 517 g/mol. The van der Waals surface area contributed by atoms with E-state index in [-0.39, 0.29) is 21.1 Å². The first-order valence-electron chi connectivity index (χ1n) is 10.4. The third kappa shape index (κ3) is 5.00. The number of halogens is 4. The van der Waals surface area contributed by atoms with Gasteiger partial charge in [-0.3, -0.25) is 0 Å². The number of benzene rings is 3. The molecule has 3 aromatic carbocycles. The van der Waals surface area contributed by atoms with Crippen molar-refractivity contribution in [1.29, 1.82) is 0 Å². The summed E-state index contributed by atoms with van der Waals surface area (Å²) in [6, 6.07) is 23.9. The van der Waals surface area contributed by atoms with E-state index in [0.29, 0.717) is 0 Å². The normalized spacial score (nSPS) is 14.9. The van der Waals surface area contributed by atoms with Crippen LogP contribution < -0.4 is 0 Å². The molecule has 0 bridgehead atoms. The van der Waals surface area contributed by atoms with Crippen molar-refractivity contribution in [1.82, 2.24) is 0 Å². The number of unbranched alkanes of at least 4 members (excludes halogenated alkanes) is 1. The van der Waals surface area contributed by atoms with Crippen LogP contribution in [0.3, 0.4) is 0 Å². The molecule has 0 aliphatic carbocycles. The lowest BCUT2D eigenvalue weighted by Gasteiger charge is -2.27. The summed E-state index contributed by atoms with van der Waals surface area (Å²) in [6.45, 7) is -0.462. The van der Waals surface area contributed by atoms with Gasteiger partial charge in [0, 0.05) is 13.0 Å². The van der Waals surface area contributed by atoms with Gasteiger partial charge >= 0.3 is 21.3 Å². The van der Waals surface area contributed by atoms with E-state index < -0.39 is 51.1 Å². The molecule has 10 heteroatoms. The Kier molecular flexibility index (Phi) is 8.07. The molecule has 0 radical (unpaired) electrons. The Morgan fingerprint density at radius 1 is 0.706 bits per heavy atom. The van der Waals surface area contributed by atoms with Gasteiger partial charge in [0.15, 0.2) is 10.3 Å². The average Bonchev–Trinajstić information content (AvgIpc) is 2.84. The Labute approximate surface area is 197 Å². The Morgan fingerprint density at radius 2 is 1.09 bits per heavy atom. The number of aliphatic hydroxyl groups excluding tert-OH is 1. The molecule has 0 fully saturated rings. The zero-order valence-corrected chi connectivity index (χ0v) is 19.7. The van der Waals surface area contributed by atoms with Crippen molar-refractivity contribution in [2.75, 3.05) is 6.61 Å². The topological polar surface area (TPSA) is 68.8 Å². The Bertz CT molecular complexity index is 1090. The molecule has 0 aliphatic heterocycles. The first-order valence-corrected chi connectivity index (χ1v) is 13.4. The maximum atomic E-state index is 15.0. The second-order valence-corrected chi connectivity index (χ2v) is 12.0. The molecule has 4 nitrogen and oxygen atoms in total. The Morgan fingerprint density at radius 3 is 1.44 bits per heavy atom. The molecule has 1 atom stereocenters. The minimum atomic E-state index is -5.92. The van der Waals surface area contributed by atoms with E-state index in [1.165, 1.54) is 0 Å². The van der Waals surface area contributed by atoms with Crippen molar-refractivity contribution >= 4 is 20.4 Å². The average molecular weight is 518 g/mol. The highest BCUT2D eigenvalue weighted by Crippen LogP contribution is 2.68. The molecule has 3 aromatic rings. The molecule has 1 unspecified atom stereocenters. The maximum absolute atomic E-state index is 15.0. The Balaban J connectivity index is 2.34. The largest absolute Gasteiger partial charge is 0.496 e. The molecule has 184 valence electrons. The van der Waals surface area contributed by atoms with Gasteiger partial charge in [-0.05, 0) is 49.2 Å². The predicted molar refractivity (Wildman–Crippen MR) is 124 cm³/mol. The van der Waals surface area contributed by atoms with E-state index >= 15 is 8.78 Å². The van der Waals surface area contributed by atoms with Crippen molar-refractivity contribution in [2.24, 2.45) is 0 Å². The first kappa shape index (κ1) is 26.2. The first-order chi connectivity index (χ1) is 16.1. The summed E-state index contributed by atoms with van der Waals surface area (Å²) in [6.07, 6.45) is -1.99. The molecule has 2 N–H and O–H groups in total. The van der Waals surface area contributed by atoms with Gasteiger partial charge in [0.1, 0.15) is 0 Å². The van der Waals surface area contributed by atoms with E-state index in [0.717, 1.165) is 0 Å². The second-order valence-electron chi connectivity index (χ2n) is 7.44. The van der Waals surface area contributed by atoms with Gasteiger partial charge in [0.25, 0.3) is 0 Å². The van der Waals surface area contributed by atoms with Crippen molar-refractivity contribution < 1.29 is 34.7 Å². The van der Waals surface area contributed by atoms with Crippen LogP contribution in [0.25, 0.3) is 0 Å². The summed E-state index contributed by atoms with van der Waals surface area (Å²) in [5.74, 6) is -4.84. The summed E-state index contributed by atoms with van der Waals surface area (Å²) in [7, 11) is -9.25. The zero-order valence-electron chi connectivity index (χ0n) is 18.0. The molecular formula is C24H25F4O4S2+. The number of rotatable bonds is 10. The van der Waals surface area contributed by atoms with Gasteiger partial charge in [0.2, 0.25) is 0 Å². The minimum Gasteiger partial charge on any atom is -0.396 e. The van der Waals surface area contributed by atoms with E-state index in [2.05, 4.69) is 0 Å². The van der Waals surface area contributed by atoms with E-state index in [4.69, 9.17) is 8.39 Å². The number of aliphatic hydroxyl groups is 1. The highest BCUT2D eigenvalue weighted by Gasteiger charge is 2.71. The fourth-order valence-electron chi connectivity index (χ4n) is 3.34. The van der Waals surface area contributed by atoms with Crippen molar-refractivity contribution in [3.8, 4) is 0 Å². The third-order valence-electron chi connectivity index (χ3n) is 5.07. The molecule has 3 rings (SSSR count). The van der Waals surface area contributed by atoms with Gasteiger partial charge in [0.05, 0.1) is 14.7 Å². The molecular weight excluding hydrogens is 492 g/mol. The highest BCUT2D eigenvalue weighted by atomic mass is 32.3. The number of hydrogen-bond acceptors (Lipinski definition) is 2. The van der Waals surface area contributed by atoms with Crippen LogP contribution in [-0.4, -0.2) is 31.7 Å². The lowest BCUT2D eigenvalue weighted by Crippen LogP contribution is -2.47. The number of alkyl halides is 4. The van der Waals surface area contributed by atoms with Crippen LogP contribution in [0.4, 0.5) is 17.6 Å². The summed E-state index contributed by atoms with van der Waals surface area (Å²) in [5.41, 5.74) is 0.